The number of hydrogen-bond acceptors (Lipinski definition) is 8. The van der Waals surface area contributed by atoms with Crippen LogP contribution in [0.5, 0.6) is 0 Å². The van der Waals surface area contributed by atoms with Crippen LogP contribution >= 0.6 is 46.3 Å². The van der Waals surface area contributed by atoms with Crippen LogP contribution in [0.25, 0.3) is 11.4 Å². The number of ether oxygens (including phenoxy) is 1. The number of carbonyl (C=O) groups excluding carboxylic acids is 3. The molecule has 0 aliphatic carbocycles. The lowest BCUT2D eigenvalue weighted by molar-refractivity contribution is -0.113. The van der Waals surface area contributed by atoms with Crippen molar-refractivity contribution >= 4 is 69.1 Å². The Morgan fingerprint density at radius 3 is 2.66 bits per heavy atom. The van der Waals surface area contributed by atoms with Crippen molar-refractivity contribution < 1.29 is 19.1 Å². The van der Waals surface area contributed by atoms with Crippen LogP contribution in [0, 0.1) is 6.92 Å². The Labute approximate surface area is 219 Å². The molecule has 2 heterocycles. The lowest BCUT2D eigenvalue weighted by Crippen LogP contribution is -2.17. The normalized spacial score (nSPS) is 10.7. The molecule has 0 atom stereocenters. The molecular weight excluding hydrogens is 533 g/mol. The Hall–Kier alpha value is -2.86. The number of benzene rings is 1. The van der Waals surface area contributed by atoms with Crippen molar-refractivity contribution in [3.63, 3.8) is 0 Å². The summed E-state index contributed by atoms with van der Waals surface area (Å²) in [6.45, 7) is 7.55. The quantitative estimate of drug-likeness (QED) is 0.209. The summed E-state index contributed by atoms with van der Waals surface area (Å²) in [7, 11) is 0. The summed E-state index contributed by atoms with van der Waals surface area (Å²) in [4.78, 5) is 37.1. The highest BCUT2D eigenvalue weighted by Gasteiger charge is 2.26. The highest BCUT2D eigenvalue weighted by Crippen LogP contribution is 2.34. The number of aromatic nitrogens is 3. The third kappa shape index (κ3) is 6.04. The van der Waals surface area contributed by atoms with Crippen molar-refractivity contribution in [1.82, 2.24) is 14.8 Å². The first-order valence-electron chi connectivity index (χ1n) is 10.2. The largest absolute Gasteiger partial charge is 0.462 e. The summed E-state index contributed by atoms with van der Waals surface area (Å²) in [6.07, 6.45) is 1.68. The Morgan fingerprint density at radius 2 is 2.03 bits per heavy atom. The van der Waals surface area contributed by atoms with Gasteiger partial charge >= 0.3 is 5.97 Å². The number of allylic oxidation sites excluding steroid dienone is 1. The minimum Gasteiger partial charge on any atom is -0.462 e. The van der Waals surface area contributed by atoms with Crippen LogP contribution in [-0.4, -0.2) is 44.9 Å². The van der Waals surface area contributed by atoms with Gasteiger partial charge in [-0.05, 0) is 37.6 Å². The fraction of sp³-hybridized carbons (Fsp3) is 0.227. The van der Waals surface area contributed by atoms with Gasteiger partial charge in [0.15, 0.2) is 11.0 Å². The average molecular weight is 554 g/mol. The van der Waals surface area contributed by atoms with E-state index < -0.39 is 17.8 Å². The molecule has 13 heteroatoms. The van der Waals surface area contributed by atoms with Crippen molar-refractivity contribution in [3.05, 3.63) is 56.9 Å². The van der Waals surface area contributed by atoms with Crippen molar-refractivity contribution in [2.45, 2.75) is 25.5 Å². The number of halogens is 2. The zero-order chi connectivity index (χ0) is 25.7. The van der Waals surface area contributed by atoms with Crippen LogP contribution in [0.2, 0.25) is 10.0 Å². The van der Waals surface area contributed by atoms with E-state index in [2.05, 4.69) is 22.1 Å². The number of nitrogens with one attached hydrogen (secondary N) is 1. The van der Waals surface area contributed by atoms with Crippen molar-refractivity contribution in [2.75, 3.05) is 17.7 Å². The molecule has 1 aromatic carbocycles. The minimum absolute atomic E-state index is 0.0399. The SMILES string of the molecule is C=CCn1c(SCC(=O)Nc2sc(C(N)=O)c(C)c2C(=O)OCC)nnc1-c1ccc(Cl)c(Cl)c1. The first kappa shape index (κ1) is 26.7. The number of esters is 1. The van der Waals surface area contributed by atoms with Gasteiger partial charge in [-0.1, -0.05) is 41.0 Å². The fourth-order valence-corrected chi connectivity index (χ4v) is 5.23. The number of primary amides is 1. The van der Waals surface area contributed by atoms with E-state index in [0.717, 1.165) is 23.1 Å². The molecule has 2 aromatic heterocycles. The third-order valence-electron chi connectivity index (χ3n) is 4.64. The Balaban J connectivity index is 1.80. The Kier molecular flexibility index (Phi) is 8.95. The lowest BCUT2D eigenvalue weighted by Gasteiger charge is -2.09. The first-order chi connectivity index (χ1) is 16.7. The summed E-state index contributed by atoms with van der Waals surface area (Å²) < 4.78 is 6.85. The predicted octanol–water partition coefficient (Wildman–Crippen LogP) is 4.81. The average Bonchev–Trinajstić information content (AvgIpc) is 3.35. The number of nitrogens with two attached hydrogens (primary N) is 1. The molecule has 0 bridgehead atoms. The first-order valence-corrected chi connectivity index (χ1v) is 12.8. The molecule has 3 N–H and O–H groups in total. The van der Waals surface area contributed by atoms with Gasteiger partial charge in [-0.25, -0.2) is 4.79 Å². The molecule has 0 aliphatic heterocycles. The minimum atomic E-state index is -0.694. The monoisotopic (exact) mass is 553 g/mol. The highest BCUT2D eigenvalue weighted by molar-refractivity contribution is 7.99. The molecule has 2 amide bonds. The number of anilines is 1. The molecule has 184 valence electrons. The van der Waals surface area contributed by atoms with E-state index >= 15 is 0 Å². The van der Waals surface area contributed by atoms with Crippen LogP contribution in [0.3, 0.4) is 0 Å². The summed E-state index contributed by atoms with van der Waals surface area (Å²) >= 11 is 14.2. The van der Waals surface area contributed by atoms with Crippen molar-refractivity contribution in [1.29, 1.82) is 0 Å². The second-order valence-corrected chi connectivity index (χ2v) is 9.79. The highest BCUT2D eigenvalue weighted by atomic mass is 35.5. The predicted molar refractivity (Wildman–Crippen MR) is 139 cm³/mol. The summed E-state index contributed by atoms with van der Waals surface area (Å²) in [5, 5.41) is 12.6. The number of thioether (sulfide) groups is 1. The third-order valence-corrected chi connectivity index (χ3v) is 7.57. The molecule has 0 fully saturated rings. The molecule has 35 heavy (non-hydrogen) atoms. The van der Waals surface area contributed by atoms with E-state index in [9.17, 15) is 14.4 Å². The number of carbonyl (C=O) groups is 3. The molecule has 0 aliphatic rings. The Bertz CT molecular complexity index is 1310. The number of rotatable bonds is 10. The van der Waals surface area contributed by atoms with Crippen LogP contribution in [0.1, 0.15) is 32.5 Å². The van der Waals surface area contributed by atoms with E-state index in [1.165, 1.54) is 0 Å². The topological polar surface area (TPSA) is 129 Å². The maximum atomic E-state index is 12.7. The summed E-state index contributed by atoms with van der Waals surface area (Å²) in [5.74, 6) is -1.26. The van der Waals surface area contributed by atoms with Crippen LogP contribution in [-0.2, 0) is 16.1 Å². The lowest BCUT2D eigenvalue weighted by atomic mass is 10.1. The summed E-state index contributed by atoms with van der Waals surface area (Å²) in [5.41, 5.74) is 6.59. The smallest absolute Gasteiger partial charge is 0.341 e. The van der Waals surface area contributed by atoms with Gasteiger partial charge < -0.3 is 15.8 Å². The number of nitrogens with zero attached hydrogens (tertiary/aromatic N) is 3. The van der Waals surface area contributed by atoms with Gasteiger partial charge in [-0.2, -0.15) is 0 Å². The van der Waals surface area contributed by atoms with Gasteiger partial charge in [-0.3, -0.25) is 14.2 Å². The maximum Gasteiger partial charge on any atom is 0.341 e. The van der Waals surface area contributed by atoms with Crippen LogP contribution in [0.4, 0.5) is 5.00 Å². The zero-order valence-corrected chi connectivity index (χ0v) is 21.9. The van der Waals surface area contributed by atoms with E-state index in [1.54, 1.807) is 42.7 Å². The molecule has 0 saturated carbocycles. The molecule has 0 radical (unpaired) electrons. The van der Waals surface area contributed by atoms with Crippen LogP contribution < -0.4 is 11.1 Å². The van der Waals surface area contributed by atoms with E-state index in [0.29, 0.717) is 38.7 Å². The maximum absolute atomic E-state index is 12.7. The van der Waals surface area contributed by atoms with Crippen LogP contribution in [0.15, 0.2) is 36.0 Å². The number of amides is 2. The van der Waals surface area contributed by atoms with E-state index in [-0.39, 0.29) is 27.8 Å². The second kappa shape index (κ2) is 11.7. The molecule has 9 nitrogen and oxygen atoms in total. The summed E-state index contributed by atoms with van der Waals surface area (Å²) in [6, 6.07) is 5.11. The molecular formula is C22H21Cl2N5O4S2. The fourth-order valence-electron chi connectivity index (χ4n) is 3.12. The second-order valence-electron chi connectivity index (χ2n) is 7.02. The number of thiophene rings is 1. The molecule has 0 saturated heterocycles. The standard InChI is InChI=1S/C22H21Cl2N5O4S2/c1-4-8-29-19(12-6-7-13(23)14(24)9-12)27-28-22(29)34-10-15(30)26-20-16(21(32)33-5-2)11(3)17(35-20)18(25)31/h4,6-7,9H,1,5,8,10H2,2-3H3,(H2,25,31)(H,26,30). The van der Waals surface area contributed by atoms with Gasteiger partial charge in [0.25, 0.3) is 5.91 Å². The van der Waals surface area contributed by atoms with Gasteiger partial charge in [0.1, 0.15) is 5.00 Å². The molecule has 0 spiro atoms. The van der Waals surface area contributed by atoms with Gasteiger partial charge in [0.2, 0.25) is 5.91 Å². The van der Waals surface area contributed by atoms with Gasteiger partial charge in [0.05, 0.1) is 32.8 Å². The number of hydrogen-bond donors (Lipinski definition) is 2. The van der Waals surface area contributed by atoms with E-state index in [4.69, 9.17) is 33.7 Å². The van der Waals surface area contributed by atoms with E-state index in [1.807, 2.05) is 0 Å². The molecule has 3 aromatic rings. The van der Waals surface area contributed by atoms with Crippen molar-refractivity contribution in [3.8, 4) is 11.4 Å². The molecule has 3 rings (SSSR count). The zero-order valence-electron chi connectivity index (χ0n) is 18.8. The Morgan fingerprint density at radius 1 is 1.29 bits per heavy atom. The van der Waals surface area contributed by atoms with Gasteiger partial charge in [-0.15, -0.1) is 28.1 Å². The van der Waals surface area contributed by atoms with Gasteiger partial charge in [0, 0.05) is 12.1 Å². The molecule has 0 unspecified atom stereocenters. The van der Waals surface area contributed by atoms with Crippen molar-refractivity contribution in [2.24, 2.45) is 5.73 Å².